The number of hydrogen-bond donors (Lipinski definition) is 1. The summed E-state index contributed by atoms with van der Waals surface area (Å²) < 4.78 is 66.1. The van der Waals surface area contributed by atoms with E-state index in [1.54, 1.807) is 31.2 Å². The average Bonchev–Trinajstić information content (AvgIpc) is 2.81. The molecule has 0 unspecified atom stereocenters. The zero-order valence-corrected chi connectivity index (χ0v) is 23.7. The Labute approximate surface area is 230 Å². The fourth-order valence-electron chi connectivity index (χ4n) is 3.63. The topological polar surface area (TPSA) is 86.8 Å². The highest BCUT2D eigenvalue weighted by Gasteiger charge is 2.36. The van der Waals surface area contributed by atoms with E-state index in [1.807, 2.05) is 13.8 Å². The Morgan fingerprint density at radius 3 is 2.16 bits per heavy atom. The van der Waals surface area contributed by atoms with Crippen molar-refractivity contribution in [2.75, 3.05) is 23.7 Å². The van der Waals surface area contributed by atoms with Crippen molar-refractivity contribution in [3.05, 3.63) is 63.6 Å². The standard InChI is InChI=1S/C25H30Cl2F3N3O4S/c1-5-22(24(35)31-13-16(2)3)32(14-17-6-8-18(26)9-7-17)23(34)15-33(38(4,36)37)19-10-11-21(27)20(12-19)25(28,29)30/h6-12,16,22H,5,13-15H2,1-4H3,(H,31,35)/t22-/m1/s1. The lowest BCUT2D eigenvalue weighted by molar-refractivity contribution is -0.140. The van der Waals surface area contributed by atoms with Gasteiger partial charge in [-0.2, -0.15) is 13.2 Å². The van der Waals surface area contributed by atoms with Gasteiger partial charge in [0, 0.05) is 18.1 Å². The summed E-state index contributed by atoms with van der Waals surface area (Å²) >= 11 is 11.6. The Balaban J connectivity index is 2.50. The number of benzene rings is 2. The number of amides is 2. The van der Waals surface area contributed by atoms with Crippen molar-refractivity contribution in [2.45, 2.75) is 46.0 Å². The van der Waals surface area contributed by atoms with E-state index in [-0.39, 0.29) is 24.6 Å². The Morgan fingerprint density at radius 1 is 1.05 bits per heavy atom. The summed E-state index contributed by atoms with van der Waals surface area (Å²) in [5.41, 5.74) is -1.01. The smallest absolute Gasteiger partial charge is 0.354 e. The van der Waals surface area contributed by atoms with Gasteiger partial charge in [0.15, 0.2) is 0 Å². The van der Waals surface area contributed by atoms with E-state index in [4.69, 9.17) is 23.2 Å². The van der Waals surface area contributed by atoms with E-state index in [1.165, 1.54) is 4.90 Å². The fourth-order valence-corrected chi connectivity index (χ4v) is 4.82. The Morgan fingerprint density at radius 2 is 1.66 bits per heavy atom. The van der Waals surface area contributed by atoms with Crippen molar-refractivity contribution in [1.29, 1.82) is 0 Å². The Kier molecular flexibility index (Phi) is 10.9. The number of nitrogens with one attached hydrogen (secondary N) is 1. The molecule has 0 spiro atoms. The van der Waals surface area contributed by atoms with Crippen molar-refractivity contribution < 1.29 is 31.2 Å². The molecule has 0 bridgehead atoms. The maximum Gasteiger partial charge on any atom is 0.417 e. The van der Waals surface area contributed by atoms with Gasteiger partial charge in [-0.25, -0.2) is 8.42 Å². The number of carbonyl (C=O) groups excluding carboxylic acids is 2. The predicted molar refractivity (Wildman–Crippen MR) is 143 cm³/mol. The number of hydrogen-bond acceptors (Lipinski definition) is 4. The molecule has 0 fully saturated rings. The first-order valence-corrected chi connectivity index (χ1v) is 14.3. The van der Waals surface area contributed by atoms with Crippen LogP contribution in [0.25, 0.3) is 0 Å². The highest BCUT2D eigenvalue weighted by molar-refractivity contribution is 7.92. The lowest BCUT2D eigenvalue weighted by Gasteiger charge is -2.33. The second-order valence-electron chi connectivity index (χ2n) is 9.14. The first-order chi connectivity index (χ1) is 17.5. The van der Waals surface area contributed by atoms with Crippen molar-refractivity contribution in [2.24, 2.45) is 5.92 Å². The van der Waals surface area contributed by atoms with Gasteiger partial charge in [0.2, 0.25) is 21.8 Å². The average molecular weight is 596 g/mol. The molecule has 210 valence electrons. The molecular weight excluding hydrogens is 566 g/mol. The maximum atomic E-state index is 13.6. The predicted octanol–water partition coefficient (Wildman–Crippen LogP) is 5.36. The molecule has 7 nitrogen and oxygen atoms in total. The van der Waals surface area contributed by atoms with Crippen LogP contribution in [0.4, 0.5) is 18.9 Å². The molecule has 0 aliphatic rings. The summed E-state index contributed by atoms with van der Waals surface area (Å²) in [7, 11) is -4.22. The molecule has 13 heteroatoms. The monoisotopic (exact) mass is 595 g/mol. The SMILES string of the molecule is CC[C@H](C(=O)NCC(C)C)N(Cc1ccc(Cl)cc1)C(=O)CN(c1ccc(Cl)c(C(F)(F)F)c1)S(C)(=O)=O. The number of anilines is 1. The number of carbonyl (C=O) groups is 2. The van der Waals surface area contributed by atoms with Gasteiger partial charge in [-0.15, -0.1) is 0 Å². The van der Waals surface area contributed by atoms with Gasteiger partial charge in [0.25, 0.3) is 0 Å². The third-order valence-electron chi connectivity index (χ3n) is 5.56. The molecule has 0 aromatic heterocycles. The van der Waals surface area contributed by atoms with Crippen molar-refractivity contribution in [1.82, 2.24) is 10.2 Å². The number of sulfonamides is 1. The quantitative estimate of drug-likeness (QED) is 0.379. The van der Waals surface area contributed by atoms with E-state index >= 15 is 0 Å². The molecule has 38 heavy (non-hydrogen) atoms. The molecule has 0 heterocycles. The van der Waals surface area contributed by atoms with Crippen LogP contribution in [0.5, 0.6) is 0 Å². The third-order valence-corrected chi connectivity index (χ3v) is 7.28. The minimum atomic E-state index is -4.84. The molecule has 2 amide bonds. The summed E-state index contributed by atoms with van der Waals surface area (Å²) in [5.74, 6) is -1.06. The lowest BCUT2D eigenvalue weighted by atomic mass is 10.1. The molecule has 0 saturated carbocycles. The number of halogens is 5. The largest absolute Gasteiger partial charge is 0.417 e. The van der Waals surface area contributed by atoms with Crippen LogP contribution in [-0.2, 0) is 32.3 Å². The van der Waals surface area contributed by atoms with Crippen LogP contribution in [0.1, 0.15) is 38.3 Å². The number of nitrogens with zero attached hydrogens (tertiary/aromatic N) is 2. The summed E-state index contributed by atoms with van der Waals surface area (Å²) in [6.45, 7) is 4.98. The van der Waals surface area contributed by atoms with Crippen molar-refractivity contribution in [3.63, 3.8) is 0 Å². The first-order valence-electron chi connectivity index (χ1n) is 11.7. The summed E-state index contributed by atoms with van der Waals surface area (Å²) in [5, 5.41) is 2.63. The number of rotatable bonds is 11. The van der Waals surface area contributed by atoms with Gasteiger partial charge in [-0.3, -0.25) is 13.9 Å². The molecule has 0 saturated heterocycles. The van der Waals surface area contributed by atoms with E-state index in [0.717, 1.165) is 18.4 Å². The minimum absolute atomic E-state index is 0.0599. The summed E-state index contributed by atoms with van der Waals surface area (Å²) in [4.78, 5) is 27.8. The molecule has 1 atom stereocenters. The molecule has 1 N–H and O–H groups in total. The van der Waals surface area contributed by atoms with Crippen molar-refractivity contribution in [3.8, 4) is 0 Å². The summed E-state index contributed by atoms with van der Waals surface area (Å²) in [6.07, 6.45) is -3.86. The second-order valence-corrected chi connectivity index (χ2v) is 11.9. The number of alkyl halides is 3. The van der Waals surface area contributed by atoms with Gasteiger partial charge in [0.1, 0.15) is 12.6 Å². The molecule has 2 aromatic carbocycles. The summed E-state index contributed by atoms with van der Waals surface area (Å²) in [6, 6.07) is 8.14. The van der Waals surface area contributed by atoms with Gasteiger partial charge in [-0.05, 0) is 48.2 Å². The Hall–Kier alpha value is -2.50. The van der Waals surface area contributed by atoms with Crippen molar-refractivity contribution >= 4 is 50.7 Å². The lowest BCUT2D eigenvalue weighted by Crippen LogP contribution is -2.52. The minimum Gasteiger partial charge on any atom is -0.354 e. The van der Waals surface area contributed by atoms with Crippen LogP contribution < -0.4 is 9.62 Å². The normalized spacial score (nSPS) is 12.8. The van der Waals surface area contributed by atoms with E-state index < -0.39 is 51.2 Å². The van der Waals surface area contributed by atoms with Crippen LogP contribution in [0.3, 0.4) is 0 Å². The van der Waals surface area contributed by atoms with Crippen LogP contribution in [0.15, 0.2) is 42.5 Å². The van der Waals surface area contributed by atoms with Gasteiger partial charge in [-0.1, -0.05) is 56.1 Å². The first kappa shape index (κ1) is 31.7. The van der Waals surface area contributed by atoms with Crippen LogP contribution in [0, 0.1) is 5.92 Å². The highest BCUT2D eigenvalue weighted by Crippen LogP contribution is 2.37. The molecule has 0 aliphatic heterocycles. The van der Waals surface area contributed by atoms with Crippen LogP contribution >= 0.6 is 23.2 Å². The van der Waals surface area contributed by atoms with Crippen LogP contribution in [0.2, 0.25) is 10.0 Å². The molecule has 2 aromatic rings. The van der Waals surface area contributed by atoms with E-state index in [2.05, 4.69) is 5.32 Å². The zero-order valence-electron chi connectivity index (χ0n) is 21.4. The van der Waals surface area contributed by atoms with E-state index in [0.29, 0.717) is 27.5 Å². The van der Waals surface area contributed by atoms with Gasteiger partial charge < -0.3 is 10.2 Å². The molecule has 0 aliphatic carbocycles. The maximum absolute atomic E-state index is 13.6. The third kappa shape index (κ3) is 8.78. The zero-order chi connectivity index (χ0) is 28.8. The van der Waals surface area contributed by atoms with Crippen LogP contribution in [-0.4, -0.2) is 50.5 Å². The van der Waals surface area contributed by atoms with E-state index in [9.17, 15) is 31.2 Å². The highest BCUT2D eigenvalue weighted by atomic mass is 35.5. The molecule has 0 radical (unpaired) electrons. The Bertz CT molecular complexity index is 1240. The van der Waals surface area contributed by atoms with Gasteiger partial charge >= 0.3 is 6.18 Å². The van der Waals surface area contributed by atoms with Gasteiger partial charge in [0.05, 0.1) is 22.5 Å². The molecule has 2 rings (SSSR count). The second kappa shape index (κ2) is 13.0. The molecular formula is C25H30Cl2F3N3O4S. The fraction of sp³-hybridized carbons (Fsp3) is 0.440.